The van der Waals surface area contributed by atoms with Crippen molar-refractivity contribution in [1.29, 1.82) is 0 Å². The maximum Gasteiger partial charge on any atom is 0.207 e. The first-order valence-electron chi connectivity index (χ1n) is 5.65. The zero-order valence-electron chi connectivity index (χ0n) is 9.87. The van der Waals surface area contributed by atoms with Gasteiger partial charge in [-0.3, -0.25) is 9.48 Å². The van der Waals surface area contributed by atoms with Crippen LogP contribution in [-0.2, 0) is 7.05 Å². The van der Waals surface area contributed by atoms with Crippen molar-refractivity contribution in [2.75, 3.05) is 5.75 Å². The Hall–Kier alpha value is -1.75. The Morgan fingerprint density at radius 1 is 1.50 bits per heavy atom. The van der Waals surface area contributed by atoms with E-state index in [9.17, 15) is 4.79 Å². The lowest BCUT2D eigenvalue weighted by atomic mass is 10.1. The van der Waals surface area contributed by atoms with E-state index in [1.807, 2.05) is 24.3 Å². The van der Waals surface area contributed by atoms with Crippen LogP contribution in [0.3, 0.4) is 0 Å². The number of nitrogens with zero attached hydrogens (tertiary/aromatic N) is 2. The molecule has 2 heterocycles. The molecule has 0 amide bonds. The van der Waals surface area contributed by atoms with Crippen molar-refractivity contribution < 1.29 is 9.53 Å². The number of thioether (sulfide) groups is 1. The van der Waals surface area contributed by atoms with E-state index in [0.29, 0.717) is 11.3 Å². The van der Waals surface area contributed by atoms with Crippen molar-refractivity contribution in [2.45, 2.75) is 11.0 Å². The van der Waals surface area contributed by atoms with Crippen LogP contribution in [-0.4, -0.2) is 27.4 Å². The summed E-state index contributed by atoms with van der Waals surface area (Å²) in [5.74, 6) is 1.42. The summed E-state index contributed by atoms with van der Waals surface area (Å²) in [4.78, 5) is 13.3. The molecule has 0 saturated heterocycles. The van der Waals surface area contributed by atoms with Crippen molar-refractivity contribution in [3.63, 3.8) is 0 Å². The monoisotopic (exact) mass is 260 g/mol. The maximum atomic E-state index is 12.2. The van der Waals surface area contributed by atoms with Crippen LogP contribution < -0.4 is 4.74 Å². The van der Waals surface area contributed by atoms with E-state index in [4.69, 9.17) is 4.74 Å². The number of aromatic nitrogens is 2. The van der Waals surface area contributed by atoms with Crippen LogP contribution in [0.4, 0.5) is 0 Å². The third-order valence-corrected chi connectivity index (χ3v) is 3.91. The SMILES string of the molecule is Cn1cc(C(=O)C2CSc3ccccc3O2)cn1. The van der Waals surface area contributed by atoms with Gasteiger partial charge in [0, 0.05) is 23.9 Å². The van der Waals surface area contributed by atoms with Gasteiger partial charge in [0.05, 0.1) is 11.8 Å². The lowest BCUT2D eigenvalue weighted by Crippen LogP contribution is -2.32. The molecule has 0 aliphatic carbocycles. The number of hydrogen-bond donors (Lipinski definition) is 0. The fourth-order valence-corrected chi connectivity index (χ4v) is 2.87. The average molecular weight is 260 g/mol. The number of ether oxygens (including phenoxy) is 1. The van der Waals surface area contributed by atoms with Crippen molar-refractivity contribution >= 4 is 17.5 Å². The molecule has 1 unspecified atom stereocenters. The number of rotatable bonds is 2. The molecule has 1 aliphatic rings. The van der Waals surface area contributed by atoms with Crippen molar-refractivity contribution in [3.05, 3.63) is 42.2 Å². The summed E-state index contributed by atoms with van der Waals surface area (Å²) in [6.45, 7) is 0. The lowest BCUT2D eigenvalue weighted by molar-refractivity contribution is 0.0815. The van der Waals surface area contributed by atoms with E-state index in [1.165, 1.54) is 0 Å². The minimum absolute atomic E-state index is 0.00916. The highest BCUT2D eigenvalue weighted by molar-refractivity contribution is 7.99. The number of carbonyl (C=O) groups excluding carboxylic acids is 1. The maximum absolute atomic E-state index is 12.2. The quantitative estimate of drug-likeness (QED) is 0.776. The van der Waals surface area contributed by atoms with Gasteiger partial charge in [-0.05, 0) is 12.1 Å². The molecule has 1 aliphatic heterocycles. The fraction of sp³-hybridized carbons (Fsp3) is 0.231. The molecule has 3 rings (SSSR count). The Morgan fingerprint density at radius 2 is 2.33 bits per heavy atom. The van der Waals surface area contributed by atoms with Gasteiger partial charge in [0.2, 0.25) is 5.78 Å². The lowest BCUT2D eigenvalue weighted by Gasteiger charge is -2.24. The highest BCUT2D eigenvalue weighted by atomic mass is 32.2. The molecule has 5 heteroatoms. The molecule has 0 radical (unpaired) electrons. The van der Waals surface area contributed by atoms with E-state index < -0.39 is 6.10 Å². The molecule has 2 aromatic rings. The van der Waals surface area contributed by atoms with Crippen molar-refractivity contribution in [3.8, 4) is 5.75 Å². The van der Waals surface area contributed by atoms with Gasteiger partial charge in [0.25, 0.3) is 0 Å². The van der Waals surface area contributed by atoms with Crippen LogP contribution in [0.25, 0.3) is 0 Å². The van der Waals surface area contributed by atoms with Gasteiger partial charge in [-0.15, -0.1) is 11.8 Å². The Labute approximate surface area is 109 Å². The Balaban J connectivity index is 1.82. The fourth-order valence-electron chi connectivity index (χ4n) is 1.88. The molecule has 0 spiro atoms. The molecular formula is C13H12N2O2S. The molecule has 4 nitrogen and oxygen atoms in total. The number of fused-ring (bicyclic) bond motifs is 1. The molecule has 92 valence electrons. The highest BCUT2D eigenvalue weighted by Crippen LogP contribution is 2.35. The first kappa shape index (κ1) is 11.3. The first-order valence-corrected chi connectivity index (χ1v) is 6.64. The van der Waals surface area contributed by atoms with E-state index in [2.05, 4.69) is 5.10 Å². The third-order valence-electron chi connectivity index (χ3n) is 2.79. The van der Waals surface area contributed by atoms with Gasteiger partial charge >= 0.3 is 0 Å². The van der Waals surface area contributed by atoms with Gasteiger partial charge in [0.15, 0.2) is 6.10 Å². The second-order valence-electron chi connectivity index (χ2n) is 4.13. The van der Waals surface area contributed by atoms with Crippen LogP contribution >= 0.6 is 11.8 Å². The average Bonchev–Trinajstić information content (AvgIpc) is 2.84. The smallest absolute Gasteiger partial charge is 0.207 e. The van der Waals surface area contributed by atoms with Crippen LogP contribution in [0.5, 0.6) is 5.75 Å². The van der Waals surface area contributed by atoms with Crippen LogP contribution in [0.2, 0.25) is 0 Å². The molecule has 1 atom stereocenters. The van der Waals surface area contributed by atoms with Gasteiger partial charge in [-0.2, -0.15) is 5.10 Å². The number of para-hydroxylation sites is 1. The van der Waals surface area contributed by atoms with Gasteiger partial charge in [-0.1, -0.05) is 12.1 Å². The summed E-state index contributed by atoms with van der Waals surface area (Å²) in [5.41, 5.74) is 0.600. The largest absolute Gasteiger partial charge is 0.480 e. The standard InChI is InChI=1S/C13H12N2O2S/c1-15-7-9(6-14-15)13(16)11-8-18-12-5-3-2-4-10(12)17-11/h2-7,11H,8H2,1H3. The molecule has 0 N–H and O–H groups in total. The summed E-state index contributed by atoms with van der Waals surface area (Å²) >= 11 is 1.65. The zero-order chi connectivity index (χ0) is 12.5. The third kappa shape index (κ3) is 2.01. The minimum Gasteiger partial charge on any atom is -0.480 e. The first-order chi connectivity index (χ1) is 8.74. The Morgan fingerprint density at radius 3 is 3.11 bits per heavy atom. The van der Waals surface area contributed by atoms with Crippen molar-refractivity contribution in [1.82, 2.24) is 9.78 Å². The molecule has 0 bridgehead atoms. The topological polar surface area (TPSA) is 44.1 Å². The van der Waals surface area contributed by atoms with Crippen molar-refractivity contribution in [2.24, 2.45) is 7.05 Å². The summed E-state index contributed by atoms with van der Waals surface area (Å²) in [6, 6.07) is 7.78. The molecule has 1 aromatic heterocycles. The van der Waals surface area contributed by atoms with Crippen LogP contribution in [0.1, 0.15) is 10.4 Å². The Kier molecular flexibility index (Phi) is 2.83. The van der Waals surface area contributed by atoms with E-state index in [0.717, 1.165) is 10.6 Å². The second-order valence-corrected chi connectivity index (χ2v) is 5.19. The number of Topliss-reactive ketones (excluding diaryl/α,β-unsaturated/α-hetero) is 1. The summed E-state index contributed by atoms with van der Waals surface area (Å²) in [7, 11) is 1.79. The second kappa shape index (κ2) is 4.49. The number of carbonyl (C=O) groups is 1. The van der Waals surface area contributed by atoms with Gasteiger partial charge in [-0.25, -0.2) is 0 Å². The van der Waals surface area contributed by atoms with E-state index >= 15 is 0 Å². The number of ketones is 1. The number of benzene rings is 1. The summed E-state index contributed by atoms with van der Waals surface area (Å²) < 4.78 is 7.37. The molecule has 18 heavy (non-hydrogen) atoms. The summed E-state index contributed by atoms with van der Waals surface area (Å²) in [6.07, 6.45) is 2.88. The predicted octanol–water partition coefficient (Wildman–Crippen LogP) is 2.16. The summed E-state index contributed by atoms with van der Waals surface area (Å²) in [5, 5.41) is 4.01. The van der Waals surface area contributed by atoms with Crippen LogP contribution in [0, 0.1) is 0 Å². The van der Waals surface area contributed by atoms with E-state index in [1.54, 1.807) is 35.9 Å². The van der Waals surface area contributed by atoms with E-state index in [-0.39, 0.29) is 5.78 Å². The van der Waals surface area contributed by atoms with Gasteiger partial charge < -0.3 is 4.74 Å². The van der Waals surface area contributed by atoms with Crippen LogP contribution in [0.15, 0.2) is 41.6 Å². The zero-order valence-corrected chi connectivity index (χ0v) is 10.7. The Bertz CT molecular complexity index is 594. The molecule has 0 saturated carbocycles. The normalized spacial score (nSPS) is 17.9. The number of hydrogen-bond acceptors (Lipinski definition) is 4. The highest BCUT2D eigenvalue weighted by Gasteiger charge is 2.27. The molecule has 1 aromatic carbocycles. The molecular weight excluding hydrogens is 248 g/mol. The predicted molar refractivity (Wildman–Crippen MR) is 69.1 cm³/mol. The minimum atomic E-state index is -0.422. The van der Waals surface area contributed by atoms with Gasteiger partial charge in [0.1, 0.15) is 5.75 Å². The molecule has 0 fully saturated rings. The number of aryl methyl sites for hydroxylation is 1.